The summed E-state index contributed by atoms with van der Waals surface area (Å²) in [5, 5.41) is 2.55. The van der Waals surface area contributed by atoms with Gasteiger partial charge in [-0.3, -0.25) is 9.59 Å². The van der Waals surface area contributed by atoms with E-state index in [-0.39, 0.29) is 18.2 Å². The summed E-state index contributed by atoms with van der Waals surface area (Å²) in [6, 6.07) is 6.83. The van der Waals surface area contributed by atoms with E-state index in [0.29, 0.717) is 11.3 Å². The number of rotatable bonds is 1. The molecule has 0 saturated carbocycles. The van der Waals surface area contributed by atoms with Crippen molar-refractivity contribution in [1.29, 1.82) is 0 Å². The first-order valence-corrected chi connectivity index (χ1v) is 4.73. The van der Waals surface area contributed by atoms with Gasteiger partial charge in [-0.2, -0.15) is 0 Å². The van der Waals surface area contributed by atoms with E-state index in [9.17, 15) is 9.59 Å². The lowest BCUT2D eigenvalue weighted by Gasteiger charge is -2.19. The minimum atomic E-state index is -1.05. The Labute approximate surface area is 87.5 Å². The van der Waals surface area contributed by atoms with E-state index in [2.05, 4.69) is 5.32 Å². The second-order valence-electron chi connectivity index (χ2n) is 3.85. The number of nitrogens with one attached hydrogen (secondary N) is 1. The zero-order valence-electron chi connectivity index (χ0n) is 8.41. The second kappa shape index (κ2) is 3.08. The lowest BCUT2D eigenvalue weighted by atomic mass is 9.80. The van der Waals surface area contributed by atoms with E-state index >= 15 is 0 Å². The maximum Gasteiger partial charge on any atom is 0.238 e. The molecule has 0 aliphatic carbocycles. The van der Waals surface area contributed by atoms with Crippen LogP contribution in [0.3, 0.4) is 0 Å². The number of carbonyl (C=O) groups is 2. The Bertz CT molecular complexity index is 407. The number of anilines is 1. The van der Waals surface area contributed by atoms with Crippen LogP contribution in [0.2, 0.25) is 0 Å². The van der Waals surface area contributed by atoms with E-state index in [1.54, 1.807) is 31.2 Å². The molecule has 1 aliphatic heterocycles. The Morgan fingerprint density at radius 1 is 1.27 bits per heavy atom. The van der Waals surface area contributed by atoms with E-state index in [1.165, 1.54) is 0 Å². The highest BCUT2D eigenvalue weighted by atomic mass is 16.2. The highest BCUT2D eigenvalue weighted by molar-refractivity contribution is 6.17. The van der Waals surface area contributed by atoms with Crippen LogP contribution in [-0.4, -0.2) is 18.2 Å². The van der Waals surface area contributed by atoms with Gasteiger partial charge in [0.1, 0.15) is 5.41 Å². The Kier molecular flexibility index (Phi) is 2.00. The maximum absolute atomic E-state index is 11.7. The molecule has 0 spiro atoms. The molecular formula is C11H12N2O2. The summed E-state index contributed by atoms with van der Waals surface area (Å²) in [5.41, 5.74) is 5.81. The first-order chi connectivity index (χ1) is 7.05. The zero-order valence-corrected chi connectivity index (χ0v) is 8.41. The van der Waals surface area contributed by atoms with Crippen molar-refractivity contribution in [2.45, 2.75) is 12.3 Å². The molecule has 2 rings (SSSR count). The summed E-state index contributed by atoms with van der Waals surface area (Å²) in [6.07, 6.45) is 0. The Balaban J connectivity index is 2.49. The molecule has 4 nitrogen and oxygen atoms in total. The number of amides is 1. The Morgan fingerprint density at radius 3 is 2.33 bits per heavy atom. The van der Waals surface area contributed by atoms with Crippen LogP contribution in [0.15, 0.2) is 24.3 Å². The normalized spacial score (nSPS) is 25.4. The number of ketones is 1. The number of hydrogen-bond acceptors (Lipinski definition) is 3. The molecule has 0 bridgehead atoms. The lowest BCUT2D eigenvalue weighted by Crippen LogP contribution is -2.36. The van der Waals surface area contributed by atoms with Crippen molar-refractivity contribution in [3.8, 4) is 0 Å². The molecule has 1 fully saturated rings. The van der Waals surface area contributed by atoms with Crippen LogP contribution in [0, 0.1) is 0 Å². The Hall–Kier alpha value is -1.84. The predicted octanol–water partition coefficient (Wildman–Crippen LogP) is 0.225. The van der Waals surface area contributed by atoms with E-state index < -0.39 is 5.41 Å². The molecule has 4 heteroatoms. The number of hydrogen-bond donors (Lipinski definition) is 2. The van der Waals surface area contributed by atoms with Gasteiger partial charge in [-0.05, 0) is 24.6 Å². The van der Waals surface area contributed by atoms with Crippen molar-refractivity contribution in [3.63, 3.8) is 0 Å². The van der Waals surface area contributed by atoms with Crippen LogP contribution < -0.4 is 11.1 Å². The summed E-state index contributed by atoms with van der Waals surface area (Å²) < 4.78 is 0. The Morgan fingerprint density at radius 2 is 1.87 bits per heavy atom. The molecule has 3 N–H and O–H groups in total. The van der Waals surface area contributed by atoms with Gasteiger partial charge in [-0.1, -0.05) is 12.1 Å². The number of Topliss-reactive ketones (excluding diaryl/α,β-unsaturated/α-hetero) is 1. The van der Waals surface area contributed by atoms with Crippen LogP contribution in [0.1, 0.15) is 12.5 Å². The van der Waals surface area contributed by atoms with E-state index in [4.69, 9.17) is 5.73 Å². The van der Waals surface area contributed by atoms with Gasteiger partial charge in [0.2, 0.25) is 5.91 Å². The van der Waals surface area contributed by atoms with Gasteiger partial charge in [-0.25, -0.2) is 0 Å². The van der Waals surface area contributed by atoms with Crippen molar-refractivity contribution in [2.24, 2.45) is 0 Å². The van der Waals surface area contributed by atoms with Crippen LogP contribution >= 0.6 is 0 Å². The van der Waals surface area contributed by atoms with Crippen molar-refractivity contribution < 1.29 is 9.59 Å². The van der Waals surface area contributed by atoms with Gasteiger partial charge in [0, 0.05) is 5.69 Å². The van der Waals surface area contributed by atoms with Gasteiger partial charge in [0.25, 0.3) is 0 Å². The molecule has 1 aromatic carbocycles. The van der Waals surface area contributed by atoms with Gasteiger partial charge in [0.15, 0.2) is 5.78 Å². The van der Waals surface area contributed by atoms with Gasteiger partial charge >= 0.3 is 0 Å². The minimum Gasteiger partial charge on any atom is -0.399 e. The third-order valence-corrected chi connectivity index (χ3v) is 2.91. The number of nitrogen functional groups attached to an aromatic ring is 1. The van der Waals surface area contributed by atoms with Crippen LogP contribution in [0.5, 0.6) is 0 Å². The SMILES string of the molecule is CC1(c2ccc(N)cc2)C(=O)CNC1=O. The first kappa shape index (κ1) is 9.71. The molecule has 1 atom stereocenters. The smallest absolute Gasteiger partial charge is 0.238 e. The van der Waals surface area contributed by atoms with Crippen molar-refractivity contribution >= 4 is 17.4 Å². The van der Waals surface area contributed by atoms with Crippen molar-refractivity contribution in [2.75, 3.05) is 12.3 Å². The zero-order chi connectivity index (χ0) is 11.1. The fraction of sp³-hybridized carbons (Fsp3) is 0.273. The molecular weight excluding hydrogens is 192 g/mol. The highest BCUT2D eigenvalue weighted by Gasteiger charge is 2.46. The monoisotopic (exact) mass is 204 g/mol. The molecule has 78 valence electrons. The van der Waals surface area contributed by atoms with Crippen molar-refractivity contribution in [1.82, 2.24) is 5.32 Å². The average molecular weight is 204 g/mol. The molecule has 0 aromatic heterocycles. The molecule has 0 radical (unpaired) electrons. The highest BCUT2D eigenvalue weighted by Crippen LogP contribution is 2.28. The topological polar surface area (TPSA) is 72.2 Å². The minimum absolute atomic E-state index is 0.0997. The molecule has 1 aromatic rings. The quantitative estimate of drug-likeness (QED) is 0.508. The average Bonchev–Trinajstić information content (AvgIpc) is 2.48. The molecule has 15 heavy (non-hydrogen) atoms. The summed E-state index contributed by atoms with van der Waals surface area (Å²) in [4.78, 5) is 23.3. The third kappa shape index (κ3) is 1.29. The summed E-state index contributed by atoms with van der Waals surface area (Å²) in [6.45, 7) is 1.75. The molecule has 1 aliphatic rings. The summed E-state index contributed by atoms with van der Waals surface area (Å²) >= 11 is 0. The molecule has 1 saturated heterocycles. The van der Waals surface area contributed by atoms with E-state index in [1.807, 2.05) is 0 Å². The van der Waals surface area contributed by atoms with Crippen LogP contribution in [0.4, 0.5) is 5.69 Å². The third-order valence-electron chi connectivity index (χ3n) is 2.91. The van der Waals surface area contributed by atoms with E-state index in [0.717, 1.165) is 0 Å². The largest absolute Gasteiger partial charge is 0.399 e. The fourth-order valence-corrected chi connectivity index (χ4v) is 1.75. The molecule has 1 unspecified atom stereocenters. The summed E-state index contributed by atoms with van der Waals surface area (Å²) in [7, 11) is 0. The summed E-state index contributed by atoms with van der Waals surface area (Å²) in [5.74, 6) is -0.338. The molecule has 1 heterocycles. The van der Waals surface area contributed by atoms with Crippen LogP contribution in [0.25, 0.3) is 0 Å². The van der Waals surface area contributed by atoms with Crippen LogP contribution in [-0.2, 0) is 15.0 Å². The number of benzene rings is 1. The number of nitrogens with two attached hydrogens (primary N) is 1. The lowest BCUT2D eigenvalue weighted by molar-refractivity contribution is -0.129. The maximum atomic E-state index is 11.7. The van der Waals surface area contributed by atoms with Gasteiger partial charge in [0.05, 0.1) is 6.54 Å². The van der Waals surface area contributed by atoms with Crippen molar-refractivity contribution in [3.05, 3.63) is 29.8 Å². The second-order valence-corrected chi connectivity index (χ2v) is 3.85. The standard InChI is InChI=1S/C11H12N2O2/c1-11(9(14)6-13-10(11)15)7-2-4-8(12)5-3-7/h2-5H,6,12H2,1H3,(H,13,15). The predicted molar refractivity (Wildman–Crippen MR) is 56.2 cm³/mol. The first-order valence-electron chi connectivity index (χ1n) is 4.73. The fourth-order valence-electron chi connectivity index (χ4n) is 1.75. The number of carbonyl (C=O) groups excluding carboxylic acids is 2. The van der Waals surface area contributed by atoms with Gasteiger partial charge in [-0.15, -0.1) is 0 Å². The van der Waals surface area contributed by atoms with Gasteiger partial charge < -0.3 is 11.1 Å². The molecule has 1 amide bonds.